The predicted octanol–water partition coefficient (Wildman–Crippen LogP) is 15.8. The van der Waals surface area contributed by atoms with Crippen LogP contribution in [0.2, 0.25) is 0 Å². The van der Waals surface area contributed by atoms with Gasteiger partial charge in [-0.2, -0.15) is 0 Å². The average molecular weight is 1310 g/mol. The highest BCUT2D eigenvalue weighted by atomic mass is 32.3. The van der Waals surface area contributed by atoms with Crippen LogP contribution in [0.1, 0.15) is 22.3 Å². The van der Waals surface area contributed by atoms with Crippen molar-refractivity contribution in [2.24, 2.45) is 0 Å². The zero-order valence-electron chi connectivity index (χ0n) is 48.5. The highest BCUT2D eigenvalue weighted by molar-refractivity contribution is 8.46. The van der Waals surface area contributed by atoms with Crippen LogP contribution in [0.4, 0.5) is 0 Å². The van der Waals surface area contributed by atoms with Crippen LogP contribution in [0.5, 0.6) is 0 Å². The van der Waals surface area contributed by atoms with Crippen LogP contribution in [0, 0.1) is 23.7 Å². The normalized spacial score (nSPS) is 18.3. The Balaban J connectivity index is 0.998. The molecule has 9 aromatic rings. The van der Waals surface area contributed by atoms with Gasteiger partial charge in [0.05, 0.1) is 131 Å². The Morgan fingerprint density at radius 3 is 0.807 bits per heavy atom. The van der Waals surface area contributed by atoms with Crippen LogP contribution in [0.3, 0.4) is 0 Å². The minimum atomic E-state index is 0.536. The highest BCUT2D eigenvalue weighted by Gasteiger charge is 2.28. The molecule has 0 aliphatic carbocycles. The Morgan fingerprint density at radius 2 is 0.511 bits per heavy atom. The number of hydrogen-bond donors (Lipinski definition) is 0. The van der Waals surface area contributed by atoms with Crippen molar-refractivity contribution >= 4 is 167 Å². The molecule has 0 fully saturated rings. The van der Waals surface area contributed by atoms with E-state index >= 15 is 0 Å². The molecule has 0 atom stereocenters. The van der Waals surface area contributed by atoms with Gasteiger partial charge in [0.2, 0.25) is 0 Å². The van der Waals surface area contributed by atoms with Crippen molar-refractivity contribution in [3.8, 4) is 23.7 Å². The molecule has 4 aliphatic rings. The fourth-order valence-corrected chi connectivity index (χ4v) is 22.4. The van der Waals surface area contributed by atoms with Crippen molar-refractivity contribution in [2.75, 3.05) is 129 Å². The van der Waals surface area contributed by atoms with Crippen LogP contribution >= 0.6 is 94.1 Å². The summed E-state index contributed by atoms with van der Waals surface area (Å²) < 4.78 is 55.2. The summed E-state index contributed by atoms with van der Waals surface area (Å²) in [6, 6.07) is 52.8. The van der Waals surface area contributed by atoms with Crippen LogP contribution in [-0.4, -0.2) is 129 Å². The third kappa shape index (κ3) is 15.3. The van der Waals surface area contributed by atoms with E-state index in [0.29, 0.717) is 106 Å². The summed E-state index contributed by atoms with van der Waals surface area (Å²) in [5.41, 5.74) is 3.97. The Morgan fingerprint density at radius 1 is 0.239 bits per heavy atom. The van der Waals surface area contributed by atoms with Gasteiger partial charge in [0.15, 0.2) is 0 Å². The Hall–Kier alpha value is -4.64. The molecule has 0 amide bonds. The van der Waals surface area contributed by atoms with Crippen LogP contribution in [0.25, 0.3) is 73.1 Å². The summed E-state index contributed by atoms with van der Waals surface area (Å²) in [6.45, 7) is 8.96. The smallest absolute Gasteiger partial charge is 0.0701 e. The number of ether oxygens (including phenoxy) is 8. The minimum absolute atomic E-state index is 0.536. The van der Waals surface area contributed by atoms with Gasteiger partial charge in [0.25, 0.3) is 0 Å². The number of fused-ring (bicyclic) bond motifs is 6. The molecule has 4 aliphatic heterocycles. The van der Waals surface area contributed by atoms with E-state index in [2.05, 4.69) is 169 Å². The minimum Gasteiger partial charge on any atom is -0.378 e. The molecule has 0 N–H and O–H groups in total. The van der Waals surface area contributed by atoms with Gasteiger partial charge < -0.3 is 37.9 Å². The lowest BCUT2D eigenvalue weighted by molar-refractivity contribution is 0.00147. The van der Waals surface area contributed by atoms with Crippen molar-refractivity contribution in [3.05, 3.63) is 195 Å². The van der Waals surface area contributed by atoms with E-state index in [1.807, 2.05) is 94.1 Å². The van der Waals surface area contributed by atoms with E-state index in [1.54, 1.807) is 0 Å². The molecule has 0 aromatic heterocycles. The number of thioether (sulfide) groups is 8. The van der Waals surface area contributed by atoms with Crippen LogP contribution < -0.4 is 10.4 Å². The maximum Gasteiger partial charge on any atom is 0.0701 e. The van der Waals surface area contributed by atoms with Gasteiger partial charge in [-0.15, -0.1) is 47.0 Å². The van der Waals surface area contributed by atoms with E-state index in [9.17, 15) is 0 Å². The van der Waals surface area contributed by atoms with E-state index in [-0.39, 0.29) is 0 Å². The van der Waals surface area contributed by atoms with Crippen molar-refractivity contribution in [3.63, 3.8) is 0 Å². The Bertz CT molecular complexity index is 3920. The van der Waals surface area contributed by atoms with Gasteiger partial charge in [0.1, 0.15) is 0 Å². The molecule has 9 aromatic carbocycles. The topological polar surface area (TPSA) is 73.8 Å². The summed E-state index contributed by atoms with van der Waals surface area (Å²) in [5.74, 6) is 18.3. The first kappa shape index (κ1) is 62.2. The van der Waals surface area contributed by atoms with Gasteiger partial charge in [-0.05, 0) is 101 Å². The fourth-order valence-electron chi connectivity index (χ4n) is 10.8. The lowest BCUT2D eigenvalue weighted by atomic mass is 9.95. The standard InChI is InChI=1S/C72H64O8S8/c1-5-13-55-51(9-1)47-52-10-2-6-14-56(52)59(55)21-17-49-19-23-61-63(45-49)65(67-85-69-70(86-67)82-42-38-78-34-30-74-26-25-73-29-33-77-37-41-81-69)62-24-20-50(18-22-60-57-15-7-3-11-53(57)48-54-12-4-8-16-58(54)60)46-64(62)66(61)68-87-71-72(88-68)84-44-40-80-36-32-76-28-27-75-31-35-79-39-43-83-71/h1-16,19-20,23-24,45-48H,25-44H2. The number of hydrogen-bond acceptors (Lipinski definition) is 16. The summed E-state index contributed by atoms with van der Waals surface area (Å²) >= 11 is 15.0. The van der Waals surface area contributed by atoms with E-state index in [1.165, 1.54) is 68.2 Å². The molecule has 0 unspecified atom stereocenters. The van der Waals surface area contributed by atoms with Crippen LogP contribution in [-0.2, 0) is 37.9 Å². The van der Waals surface area contributed by atoms with Gasteiger partial charge in [-0.25, -0.2) is 0 Å². The predicted molar refractivity (Wildman–Crippen MR) is 383 cm³/mol. The van der Waals surface area contributed by atoms with Crippen LogP contribution in [0.15, 0.2) is 163 Å². The fraction of sp³-hybridized carbons (Fsp3) is 0.278. The average Bonchev–Trinajstić information content (AvgIpc) is 1.26. The molecule has 0 saturated heterocycles. The van der Waals surface area contributed by atoms with Gasteiger partial charge >= 0.3 is 0 Å². The molecule has 88 heavy (non-hydrogen) atoms. The van der Waals surface area contributed by atoms with Crippen molar-refractivity contribution < 1.29 is 37.9 Å². The maximum absolute atomic E-state index is 6.12. The first-order valence-electron chi connectivity index (χ1n) is 29.7. The number of benzene rings is 9. The second-order valence-electron chi connectivity index (χ2n) is 20.6. The maximum atomic E-state index is 6.12. The Labute approximate surface area is 548 Å². The van der Waals surface area contributed by atoms with Crippen molar-refractivity contribution in [2.45, 2.75) is 0 Å². The third-order valence-electron chi connectivity index (χ3n) is 14.9. The first-order valence-corrected chi connectivity index (χ1v) is 36.9. The molecule has 4 heterocycles. The first-order chi connectivity index (χ1) is 43.7. The lowest BCUT2D eigenvalue weighted by Crippen LogP contribution is -2.17. The highest BCUT2D eigenvalue weighted by Crippen LogP contribution is 2.59. The molecule has 0 spiro atoms. The summed E-state index contributed by atoms with van der Waals surface area (Å²) in [4.78, 5) is 0. The van der Waals surface area contributed by atoms with Gasteiger partial charge in [-0.3, -0.25) is 0 Å². The van der Waals surface area contributed by atoms with Gasteiger partial charge in [0, 0.05) is 55.7 Å². The summed E-state index contributed by atoms with van der Waals surface area (Å²) in [7, 11) is 0. The quantitative estimate of drug-likeness (QED) is 0.107. The molecular formula is C72H64O8S8. The lowest BCUT2D eigenvalue weighted by Gasteiger charge is -2.13. The number of rotatable bonds is 0. The van der Waals surface area contributed by atoms with Gasteiger partial charge in [-0.1, -0.05) is 180 Å². The molecule has 0 bridgehead atoms. The monoisotopic (exact) mass is 1310 g/mol. The van der Waals surface area contributed by atoms with Crippen molar-refractivity contribution in [1.82, 2.24) is 0 Å². The summed E-state index contributed by atoms with van der Waals surface area (Å²) in [6.07, 6.45) is 0. The SMILES string of the molecule is C(#Cc1c2ccccc2cc2ccccc12)c1ccc2c(=C3SC4=C(SCCOCCOCCOCCOCCS4)S3)c3cc(C#Cc4c5ccccc5cc5ccccc45)ccc3c(=C3SC4=C(SCCOCCOCCOCCOCCS4)S3)c2c1. The van der Waals surface area contributed by atoms with E-state index < -0.39 is 0 Å². The summed E-state index contributed by atoms with van der Waals surface area (Å²) in [5, 5.41) is 16.4. The molecule has 448 valence electrons. The zero-order chi connectivity index (χ0) is 59.1. The molecule has 16 heteroatoms. The van der Waals surface area contributed by atoms with E-state index in [4.69, 9.17) is 37.9 Å². The molecular weight excluding hydrogens is 1250 g/mol. The third-order valence-corrected chi connectivity index (χ3v) is 25.8. The second-order valence-corrected chi connectivity index (χ2v) is 30.6. The Kier molecular flexibility index (Phi) is 22.3. The van der Waals surface area contributed by atoms with E-state index in [0.717, 1.165) is 77.6 Å². The molecule has 8 nitrogen and oxygen atoms in total. The molecule has 0 saturated carbocycles. The largest absolute Gasteiger partial charge is 0.378 e. The molecule has 0 radical (unpaired) electrons. The second kappa shape index (κ2) is 31.6. The zero-order valence-corrected chi connectivity index (χ0v) is 55.1. The molecule has 13 rings (SSSR count). The van der Waals surface area contributed by atoms with Crippen molar-refractivity contribution in [1.29, 1.82) is 0 Å².